The molecule has 19 heavy (non-hydrogen) atoms. The molecule has 0 aliphatic heterocycles. The third kappa shape index (κ3) is 9.10. The molecule has 0 atom stereocenters. The van der Waals surface area contributed by atoms with Gasteiger partial charge in [0.25, 0.3) is 0 Å². The number of halogens is 2. The maximum absolute atomic E-state index is 5.69. The van der Waals surface area contributed by atoms with Crippen LogP contribution in [-0.4, -0.2) is 25.7 Å². The number of ether oxygens (including phenoxy) is 1. The zero-order chi connectivity index (χ0) is 13.2. The van der Waals surface area contributed by atoms with E-state index in [9.17, 15) is 0 Å². The number of rotatable bonds is 7. The van der Waals surface area contributed by atoms with Crippen LogP contribution in [0.15, 0.2) is 33.7 Å². The van der Waals surface area contributed by atoms with Gasteiger partial charge in [0, 0.05) is 11.0 Å². The lowest BCUT2D eigenvalue weighted by molar-refractivity contribution is 0.322. The summed E-state index contributed by atoms with van der Waals surface area (Å²) in [6.45, 7) is 4.11. The molecular weight excluding hydrogens is 421 g/mol. The minimum Gasteiger partial charge on any atom is -0.492 e. The maximum Gasteiger partial charge on any atom is 0.188 e. The fourth-order valence-electron chi connectivity index (χ4n) is 1.32. The lowest BCUT2D eigenvalue weighted by Crippen LogP contribution is -2.34. The Morgan fingerprint density at radius 1 is 1.47 bits per heavy atom. The molecular formula is C13H21BrIN3O. The fourth-order valence-corrected chi connectivity index (χ4v) is 1.70. The number of guanidine groups is 1. The van der Waals surface area contributed by atoms with Gasteiger partial charge < -0.3 is 15.8 Å². The van der Waals surface area contributed by atoms with Crippen molar-refractivity contribution < 1.29 is 4.74 Å². The van der Waals surface area contributed by atoms with E-state index in [2.05, 4.69) is 33.2 Å². The van der Waals surface area contributed by atoms with E-state index in [1.807, 2.05) is 24.3 Å². The summed E-state index contributed by atoms with van der Waals surface area (Å²) in [7, 11) is 0. The Labute approximate surface area is 140 Å². The summed E-state index contributed by atoms with van der Waals surface area (Å²) in [5.41, 5.74) is 5.69. The van der Waals surface area contributed by atoms with E-state index in [4.69, 9.17) is 10.5 Å². The molecule has 4 nitrogen and oxygen atoms in total. The van der Waals surface area contributed by atoms with Crippen LogP contribution in [0.3, 0.4) is 0 Å². The molecule has 0 amide bonds. The van der Waals surface area contributed by atoms with Gasteiger partial charge in [-0.25, -0.2) is 0 Å². The Bertz CT molecular complexity index is 388. The number of hydrogen-bond donors (Lipinski definition) is 2. The molecule has 6 heteroatoms. The Morgan fingerprint density at radius 3 is 2.95 bits per heavy atom. The van der Waals surface area contributed by atoms with Crippen LogP contribution >= 0.6 is 39.9 Å². The van der Waals surface area contributed by atoms with Crippen molar-refractivity contribution in [2.75, 3.05) is 19.7 Å². The van der Waals surface area contributed by atoms with Crippen LogP contribution in [0.4, 0.5) is 0 Å². The lowest BCUT2D eigenvalue weighted by atomic mass is 10.3. The van der Waals surface area contributed by atoms with Crippen LogP contribution in [0.5, 0.6) is 5.75 Å². The molecule has 0 heterocycles. The molecule has 1 aromatic carbocycles. The minimum absolute atomic E-state index is 0. The molecule has 0 aromatic heterocycles. The maximum atomic E-state index is 5.69. The van der Waals surface area contributed by atoms with Gasteiger partial charge in [0.1, 0.15) is 12.4 Å². The Kier molecular flexibility index (Phi) is 11.0. The summed E-state index contributed by atoms with van der Waals surface area (Å²) in [4.78, 5) is 4.19. The summed E-state index contributed by atoms with van der Waals surface area (Å²) in [5.74, 6) is 1.33. The molecule has 0 aliphatic carbocycles. The predicted octanol–water partition coefficient (Wildman–Crippen LogP) is 3.15. The zero-order valence-electron chi connectivity index (χ0n) is 11.1. The van der Waals surface area contributed by atoms with E-state index in [1.54, 1.807) is 0 Å². The Hall–Kier alpha value is -0.500. The van der Waals surface area contributed by atoms with Gasteiger partial charge in [0.05, 0.1) is 6.54 Å². The van der Waals surface area contributed by atoms with E-state index in [-0.39, 0.29) is 24.0 Å². The minimum atomic E-state index is 0. The quantitative estimate of drug-likeness (QED) is 0.295. The van der Waals surface area contributed by atoms with Gasteiger partial charge in [-0.05, 0) is 24.6 Å². The summed E-state index contributed by atoms with van der Waals surface area (Å²) in [5, 5.41) is 3.02. The second-order valence-electron chi connectivity index (χ2n) is 3.85. The third-order valence-corrected chi connectivity index (χ3v) is 2.76. The first-order chi connectivity index (χ1) is 8.72. The topological polar surface area (TPSA) is 59.6 Å². The molecule has 0 fully saturated rings. The second-order valence-corrected chi connectivity index (χ2v) is 4.77. The number of aliphatic imine (C=N–C) groups is 1. The van der Waals surface area contributed by atoms with Crippen LogP contribution < -0.4 is 15.8 Å². The highest BCUT2D eigenvalue weighted by atomic mass is 127. The van der Waals surface area contributed by atoms with Crippen LogP contribution in [-0.2, 0) is 0 Å². The molecule has 0 radical (unpaired) electrons. The number of hydrogen-bond acceptors (Lipinski definition) is 2. The SMILES string of the molecule is CCCCN=C(N)NCCOc1cccc(Br)c1.I. The number of benzene rings is 1. The Balaban J connectivity index is 0.00000324. The van der Waals surface area contributed by atoms with Crippen molar-refractivity contribution in [1.29, 1.82) is 0 Å². The van der Waals surface area contributed by atoms with Crippen molar-refractivity contribution in [2.45, 2.75) is 19.8 Å². The van der Waals surface area contributed by atoms with Crippen LogP contribution in [0, 0.1) is 0 Å². The summed E-state index contributed by atoms with van der Waals surface area (Å²) >= 11 is 3.39. The Morgan fingerprint density at radius 2 is 2.26 bits per heavy atom. The second kappa shape index (κ2) is 11.3. The first kappa shape index (κ1) is 18.5. The van der Waals surface area contributed by atoms with Crippen molar-refractivity contribution in [3.05, 3.63) is 28.7 Å². The van der Waals surface area contributed by atoms with Gasteiger partial charge in [0.2, 0.25) is 0 Å². The van der Waals surface area contributed by atoms with Gasteiger partial charge in [-0.15, -0.1) is 24.0 Å². The summed E-state index contributed by atoms with van der Waals surface area (Å²) in [6.07, 6.45) is 2.19. The van der Waals surface area contributed by atoms with Crippen LogP contribution in [0.2, 0.25) is 0 Å². The zero-order valence-corrected chi connectivity index (χ0v) is 15.0. The van der Waals surface area contributed by atoms with Gasteiger partial charge in [-0.3, -0.25) is 4.99 Å². The smallest absolute Gasteiger partial charge is 0.188 e. The average molecular weight is 442 g/mol. The van der Waals surface area contributed by atoms with E-state index in [1.165, 1.54) is 0 Å². The molecule has 0 saturated heterocycles. The molecule has 1 aromatic rings. The number of unbranched alkanes of at least 4 members (excludes halogenated alkanes) is 1. The van der Waals surface area contributed by atoms with E-state index in [0.717, 1.165) is 29.6 Å². The monoisotopic (exact) mass is 441 g/mol. The van der Waals surface area contributed by atoms with Crippen molar-refractivity contribution in [3.63, 3.8) is 0 Å². The predicted molar refractivity (Wildman–Crippen MR) is 94.5 cm³/mol. The fraction of sp³-hybridized carbons (Fsp3) is 0.462. The van der Waals surface area contributed by atoms with E-state index in [0.29, 0.717) is 19.1 Å². The van der Waals surface area contributed by atoms with Crippen molar-refractivity contribution in [1.82, 2.24) is 5.32 Å². The number of nitrogens with one attached hydrogen (secondary N) is 1. The highest BCUT2D eigenvalue weighted by molar-refractivity contribution is 14.0. The molecule has 0 bridgehead atoms. The standard InChI is InChI=1S/C13H20BrN3O.HI/c1-2-3-7-16-13(15)17-8-9-18-12-6-4-5-11(14)10-12;/h4-6,10H,2-3,7-9H2,1H3,(H3,15,16,17);1H. The molecule has 3 N–H and O–H groups in total. The molecule has 108 valence electrons. The molecule has 0 spiro atoms. The largest absolute Gasteiger partial charge is 0.492 e. The molecule has 0 saturated carbocycles. The van der Waals surface area contributed by atoms with Crippen molar-refractivity contribution in [3.8, 4) is 5.75 Å². The van der Waals surface area contributed by atoms with Crippen LogP contribution in [0.1, 0.15) is 19.8 Å². The van der Waals surface area contributed by atoms with Gasteiger partial charge in [-0.2, -0.15) is 0 Å². The van der Waals surface area contributed by atoms with Gasteiger partial charge >= 0.3 is 0 Å². The normalized spacial score (nSPS) is 10.7. The lowest BCUT2D eigenvalue weighted by Gasteiger charge is -2.08. The van der Waals surface area contributed by atoms with Crippen LogP contribution in [0.25, 0.3) is 0 Å². The first-order valence-electron chi connectivity index (χ1n) is 6.14. The van der Waals surface area contributed by atoms with Gasteiger partial charge in [0.15, 0.2) is 5.96 Å². The highest BCUT2D eigenvalue weighted by Crippen LogP contribution is 2.17. The average Bonchev–Trinajstić information content (AvgIpc) is 2.35. The van der Waals surface area contributed by atoms with E-state index < -0.39 is 0 Å². The molecule has 1 rings (SSSR count). The van der Waals surface area contributed by atoms with Crippen molar-refractivity contribution in [2.24, 2.45) is 10.7 Å². The number of nitrogens with two attached hydrogens (primary N) is 1. The highest BCUT2D eigenvalue weighted by Gasteiger charge is 1.95. The number of nitrogens with zero attached hydrogens (tertiary/aromatic N) is 1. The first-order valence-corrected chi connectivity index (χ1v) is 6.94. The molecule has 0 unspecified atom stereocenters. The molecule has 0 aliphatic rings. The third-order valence-electron chi connectivity index (χ3n) is 2.27. The van der Waals surface area contributed by atoms with E-state index >= 15 is 0 Å². The summed E-state index contributed by atoms with van der Waals surface area (Å²) < 4.78 is 6.57. The van der Waals surface area contributed by atoms with Gasteiger partial charge in [-0.1, -0.05) is 35.3 Å². The summed E-state index contributed by atoms with van der Waals surface area (Å²) in [6, 6.07) is 7.75. The van der Waals surface area contributed by atoms with Crippen molar-refractivity contribution >= 4 is 45.9 Å².